The van der Waals surface area contributed by atoms with Gasteiger partial charge in [-0.1, -0.05) is 19.3 Å². The van der Waals surface area contributed by atoms with Crippen LogP contribution in [0, 0.1) is 5.92 Å². The molecule has 0 amide bonds. The van der Waals surface area contributed by atoms with Gasteiger partial charge in [0.1, 0.15) is 0 Å². The van der Waals surface area contributed by atoms with E-state index in [9.17, 15) is 9.90 Å². The van der Waals surface area contributed by atoms with Gasteiger partial charge < -0.3 is 9.84 Å². The van der Waals surface area contributed by atoms with E-state index in [-0.39, 0.29) is 12.0 Å². The first-order chi connectivity index (χ1) is 8.74. The molecule has 18 heavy (non-hydrogen) atoms. The summed E-state index contributed by atoms with van der Waals surface area (Å²) in [5, 5.41) is 9.45. The van der Waals surface area contributed by atoms with Gasteiger partial charge in [-0.15, -0.1) is 0 Å². The van der Waals surface area contributed by atoms with E-state index >= 15 is 0 Å². The molecule has 4 nitrogen and oxygen atoms in total. The number of carboxylic acid groups (broad SMARTS) is 1. The Hall–Kier alpha value is -0.610. The molecule has 0 aromatic heterocycles. The van der Waals surface area contributed by atoms with Gasteiger partial charge in [0.2, 0.25) is 0 Å². The van der Waals surface area contributed by atoms with Crippen LogP contribution in [-0.2, 0) is 9.53 Å². The molecular formula is C14H25NO3. The molecule has 0 spiro atoms. The molecule has 1 N–H and O–H groups in total. The third-order valence-corrected chi connectivity index (χ3v) is 4.29. The summed E-state index contributed by atoms with van der Waals surface area (Å²) in [7, 11) is 1.72. The van der Waals surface area contributed by atoms with Crippen LogP contribution in [0.2, 0.25) is 0 Å². The van der Waals surface area contributed by atoms with E-state index in [0.29, 0.717) is 12.6 Å². The predicted molar refractivity (Wildman–Crippen MR) is 69.6 cm³/mol. The van der Waals surface area contributed by atoms with Crippen molar-refractivity contribution < 1.29 is 14.6 Å². The monoisotopic (exact) mass is 255 g/mol. The van der Waals surface area contributed by atoms with E-state index in [1.807, 2.05) is 0 Å². The van der Waals surface area contributed by atoms with E-state index in [0.717, 1.165) is 25.8 Å². The summed E-state index contributed by atoms with van der Waals surface area (Å²) in [5.74, 6) is -0.782. The zero-order valence-corrected chi connectivity index (χ0v) is 11.3. The van der Waals surface area contributed by atoms with Gasteiger partial charge in [-0.05, 0) is 25.7 Å². The fourth-order valence-electron chi connectivity index (χ4n) is 3.20. The van der Waals surface area contributed by atoms with Gasteiger partial charge in [0.05, 0.1) is 12.5 Å². The second-order valence-electron chi connectivity index (χ2n) is 5.61. The van der Waals surface area contributed by atoms with Crippen LogP contribution in [0.1, 0.15) is 44.9 Å². The molecule has 2 rings (SSSR count). The Morgan fingerprint density at radius 3 is 2.56 bits per heavy atom. The minimum atomic E-state index is -0.607. The molecule has 0 aliphatic heterocycles. The number of carboxylic acids is 1. The van der Waals surface area contributed by atoms with E-state index < -0.39 is 5.97 Å². The van der Waals surface area contributed by atoms with E-state index in [1.54, 1.807) is 7.11 Å². The lowest BCUT2D eigenvalue weighted by atomic mass is 9.93. The molecule has 0 radical (unpaired) electrons. The fraction of sp³-hybridized carbons (Fsp3) is 0.929. The Bertz CT molecular complexity index is 278. The quantitative estimate of drug-likeness (QED) is 0.739. The molecule has 0 aromatic rings. The van der Waals surface area contributed by atoms with Crippen LogP contribution >= 0.6 is 0 Å². The Labute approximate surface area is 109 Å². The number of ether oxygens (including phenoxy) is 1. The zero-order chi connectivity index (χ0) is 13.0. The summed E-state index contributed by atoms with van der Waals surface area (Å²) in [6, 6.07) is 0.845. The van der Waals surface area contributed by atoms with Crippen molar-refractivity contribution in [2.75, 3.05) is 20.3 Å². The highest BCUT2D eigenvalue weighted by Gasteiger charge is 2.40. The highest BCUT2D eigenvalue weighted by molar-refractivity contribution is 5.71. The number of nitrogens with zero attached hydrogens (tertiary/aromatic N) is 1. The molecule has 2 atom stereocenters. The number of carbonyl (C=O) groups is 1. The van der Waals surface area contributed by atoms with Crippen LogP contribution in [0.25, 0.3) is 0 Å². The molecule has 4 heteroatoms. The van der Waals surface area contributed by atoms with Crippen molar-refractivity contribution in [3.63, 3.8) is 0 Å². The van der Waals surface area contributed by atoms with Gasteiger partial charge in [0.15, 0.2) is 0 Å². The molecule has 2 unspecified atom stereocenters. The maximum absolute atomic E-state index is 11.5. The predicted octanol–water partition coefficient (Wildman–Crippen LogP) is 2.13. The molecule has 2 saturated carbocycles. The van der Waals surface area contributed by atoms with Crippen LogP contribution in [0.5, 0.6) is 0 Å². The molecular weight excluding hydrogens is 230 g/mol. The lowest BCUT2D eigenvalue weighted by molar-refractivity contribution is -0.144. The van der Waals surface area contributed by atoms with Gasteiger partial charge in [-0.3, -0.25) is 9.69 Å². The van der Waals surface area contributed by atoms with Crippen LogP contribution in [0.4, 0.5) is 0 Å². The van der Waals surface area contributed by atoms with Crippen molar-refractivity contribution in [3.05, 3.63) is 0 Å². The van der Waals surface area contributed by atoms with Crippen molar-refractivity contribution in [1.29, 1.82) is 0 Å². The number of methoxy groups -OCH3 is 1. The summed E-state index contributed by atoms with van der Waals surface area (Å²) >= 11 is 0. The number of aliphatic carboxylic acids is 1. The molecule has 0 bridgehead atoms. The third kappa shape index (κ3) is 3.45. The Morgan fingerprint density at radius 2 is 1.94 bits per heavy atom. The standard InChI is InChI=1S/C14H25NO3/c1-18-10-9-15(11-7-8-11)13-6-4-2-3-5-12(13)14(16)17/h11-13H,2-10H2,1H3,(H,16,17). The maximum atomic E-state index is 11.5. The van der Waals surface area contributed by atoms with Crippen molar-refractivity contribution in [1.82, 2.24) is 4.90 Å². The van der Waals surface area contributed by atoms with Gasteiger partial charge in [-0.2, -0.15) is 0 Å². The molecule has 0 aromatic carbocycles. The van der Waals surface area contributed by atoms with Crippen LogP contribution in [0.3, 0.4) is 0 Å². The number of rotatable bonds is 6. The molecule has 2 aliphatic rings. The van der Waals surface area contributed by atoms with Crippen LogP contribution in [-0.4, -0.2) is 48.3 Å². The van der Waals surface area contributed by atoms with E-state index in [1.165, 1.54) is 25.7 Å². The average molecular weight is 255 g/mol. The highest BCUT2D eigenvalue weighted by Crippen LogP contribution is 2.35. The Morgan fingerprint density at radius 1 is 1.22 bits per heavy atom. The average Bonchev–Trinajstić information content (AvgIpc) is 3.15. The van der Waals surface area contributed by atoms with Gasteiger partial charge in [-0.25, -0.2) is 0 Å². The van der Waals surface area contributed by atoms with Gasteiger partial charge in [0.25, 0.3) is 0 Å². The fourth-order valence-corrected chi connectivity index (χ4v) is 3.20. The first-order valence-electron chi connectivity index (χ1n) is 7.21. The van der Waals surface area contributed by atoms with Crippen molar-refractivity contribution in [3.8, 4) is 0 Å². The molecule has 2 aliphatic carbocycles. The summed E-state index contributed by atoms with van der Waals surface area (Å²) < 4.78 is 5.18. The second kappa shape index (κ2) is 6.53. The summed E-state index contributed by atoms with van der Waals surface area (Å²) in [5.41, 5.74) is 0. The normalized spacial score (nSPS) is 29.2. The number of hydrogen-bond acceptors (Lipinski definition) is 3. The van der Waals surface area contributed by atoms with Crippen molar-refractivity contribution >= 4 is 5.97 Å². The lowest BCUT2D eigenvalue weighted by Gasteiger charge is -2.34. The van der Waals surface area contributed by atoms with Crippen LogP contribution in [0.15, 0.2) is 0 Å². The summed E-state index contributed by atoms with van der Waals surface area (Å²) in [6.07, 6.45) is 7.76. The molecule has 2 fully saturated rings. The zero-order valence-electron chi connectivity index (χ0n) is 11.3. The SMILES string of the molecule is COCCN(C1CC1)C1CCCCCC1C(=O)O. The van der Waals surface area contributed by atoms with Crippen molar-refractivity contribution in [2.24, 2.45) is 5.92 Å². The maximum Gasteiger partial charge on any atom is 0.308 e. The lowest BCUT2D eigenvalue weighted by Crippen LogP contribution is -2.45. The first-order valence-corrected chi connectivity index (χ1v) is 7.21. The minimum Gasteiger partial charge on any atom is -0.481 e. The van der Waals surface area contributed by atoms with Gasteiger partial charge >= 0.3 is 5.97 Å². The molecule has 0 saturated heterocycles. The smallest absolute Gasteiger partial charge is 0.308 e. The van der Waals surface area contributed by atoms with Crippen LogP contribution < -0.4 is 0 Å². The highest BCUT2D eigenvalue weighted by atomic mass is 16.5. The second-order valence-corrected chi connectivity index (χ2v) is 5.61. The molecule has 0 heterocycles. The topological polar surface area (TPSA) is 49.8 Å². The number of hydrogen-bond donors (Lipinski definition) is 1. The Kier molecular flexibility index (Phi) is 5.01. The minimum absolute atomic E-state index is 0.176. The van der Waals surface area contributed by atoms with Gasteiger partial charge in [0, 0.05) is 25.7 Å². The summed E-state index contributed by atoms with van der Waals surface area (Å²) in [6.45, 7) is 1.59. The van der Waals surface area contributed by atoms with Crippen molar-refractivity contribution in [2.45, 2.75) is 57.0 Å². The van der Waals surface area contributed by atoms with E-state index in [4.69, 9.17) is 4.74 Å². The Balaban J connectivity index is 2.05. The first kappa shape index (κ1) is 13.8. The summed E-state index contributed by atoms with van der Waals surface area (Å²) in [4.78, 5) is 13.9. The largest absolute Gasteiger partial charge is 0.481 e. The molecule has 104 valence electrons. The third-order valence-electron chi connectivity index (χ3n) is 4.29. The van der Waals surface area contributed by atoms with E-state index in [2.05, 4.69) is 4.90 Å².